The Balaban J connectivity index is 2.72. The van der Waals surface area contributed by atoms with Crippen molar-refractivity contribution < 1.29 is 4.79 Å². The predicted octanol–water partition coefficient (Wildman–Crippen LogP) is 1.59. The molecule has 0 radical (unpaired) electrons. The van der Waals surface area contributed by atoms with Gasteiger partial charge in [-0.2, -0.15) is 0 Å². The van der Waals surface area contributed by atoms with E-state index in [9.17, 15) is 4.79 Å². The number of hydrogen-bond donors (Lipinski definition) is 3. The van der Waals surface area contributed by atoms with Gasteiger partial charge in [-0.05, 0) is 23.8 Å². The number of benzene rings is 1. The van der Waals surface area contributed by atoms with Crippen molar-refractivity contribution in [2.45, 2.75) is 6.92 Å². The maximum absolute atomic E-state index is 10.7. The molecule has 0 bridgehead atoms. The fraction of sp³-hybridized carbons (Fsp3) is 0.0909. The molecule has 4 nitrogen and oxygen atoms in total. The van der Waals surface area contributed by atoms with Gasteiger partial charge in [0.15, 0.2) is 0 Å². The first-order valence-corrected chi connectivity index (χ1v) is 4.47. The van der Waals surface area contributed by atoms with E-state index in [-0.39, 0.29) is 11.7 Å². The lowest BCUT2D eigenvalue weighted by atomic mass is 10.2. The Morgan fingerprint density at radius 3 is 2.47 bits per heavy atom. The predicted molar refractivity (Wildman–Crippen MR) is 61.7 cm³/mol. The number of anilines is 1. The average molecular weight is 203 g/mol. The van der Waals surface area contributed by atoms with Gasteiger partial charge in [-0.25, -0.2) is 0 Å². The maximum Gasteiger partial charge on any atom is 0.221 e. The van der Waals surface area contributed by atoms with E-state index < -0.39 is 0 Å². The van der Waals surface area contributed by atoms with Crippen LogP contribution in [0.5, 0.6) is 0 Å². The normalized spacial score (nSPS) is 10.2. The molecule has 0 fully saturated rings. The third kappa shape index (κ3) is 4.08. The van der Waals surface area contributed by atoms with Crippen molar-refractivity contribution in [1.29, 1.82) is 5.41 Å². The van der Waals surface area contributed by atoms with Crippen molar-refractivity contribution in [3.05, 3.63) is 35.9 Å². The Kier molecular flexibility index (Phi) is 3.62. The molecule has 0 aliphatic rings. The molecular formula is C11H13N3O. The number of nitrogens with two attached hydrogens (primary N) is 1. The minimum atomic E-state index is -0.0953. The number of carbonyl (C=O) groups is 1. The number of rotatable bonds is 3. The lowest BCUT2D eigenvalue weighted by Crippen LogP contribution is -2.05. The van der Waals surface area contributed by atoms with Gasteiger partial charge in [0.05, 0.1) is 0 Å². The summed E-state index contributed by atoms with van der Waals surface area (Å²) < 4.78 is 0. The van der Waals surface area contributed by atoms with E-state index in [1.54, 1.807) is 18.2 Å². The number of carbonyl (C=O) groups excluding carboxylic acids is 1. The van der Waals surface area contributed by atoms with Crippen LogP contribution in [-0.2, 0) is 4.79 Å². The van der Waals surface area contributed by atoms with E-state index in [4.69, 9.17) is 11.1 Å². The van der Waals surface area contributed by atoms with E-state index in [0.29, 0.717) is 0 Å². The van der Waals surface area contributed by atoms with Gasteiger partial charge < -0.3 is 11.1 Å². The highest BCUT2D eigenvalue weighted by atomic mass is 16.1. The molecule has 0 saturated heterocycles. The van der Waals surface area contributed by atoms with Crippen molar-refractivity contribution in [3.63, 3.8) is 0 Å². The highest BCUT2D eigenvalue weighted by molar-refractivity contribution is 5.92. The summed E-state index contributed by atoms with van der Waals surface area (Å²) in [6, 6.07) is 7.26. The van der Waals surface area contributed by atoms with Crippen LogP contribution in [0.25, 0.3) is 6.08 Å². The van der Waals surface area contributed by atoms with Crippen molar-refractivity contribution in [1.82, 2.24) is 0 Å². The van der Waals surface area contributed by atoms with Gasteiger partial charge in [-0.1, -0.05) is 18.2 Å². The zero-order valence-corrected chi connectivity index (χ0v) is 8.45. The summed E-state index contributed by atoms with van der Waals surface area (Å²) in [5.74, 6) is -0.0806. The molecular weight excluding hydrogens is 190 g/mol. The Morgan fingerprint density at radius 1 is 1.40 bits per heavy atom. The highest BCUT2D eigenvalue weighted by Gasteiger charge is 1.94. The molecule has 1 aromatic carbocycles. The number of nitrogens with one attached hydrogen (secondary N) is 2. The summed E-state index contributed by atoms with van der Waals surface area (Å²) in [7, 11) is 0. The minimum Gasteiger partial charge on any atom is -0.384 e. The molecule has 0 atom stereocenters. The standard InChI is InChI=1S/C11H13N3O/c1-8(15)14-10-5-2-9(3-6-10)4-7-11(12)13/h2-7H,1H3,(H3,12,13)(H,14,15)/b7-4+. The summed E-state index contributed by atoms with van der Waals surface area (Å²) in [6.07, 6.45) is 3.24. The molecule has 0 heterocycles. The van der Waals surface area contributed by atoms with E-state index in [0.717, 1.165) is 11.3 Å². The molecule has 0 spiro atoms. The quantitative estimate of drug-likeness (QED) is 0.515. The van der Waals surface area contributed by atoms with Gasteiger partial charge >= 0.3 is 0 Å². The third-order valence-corrected chi connectivity index (χ3v) is 1.69. The molecule has 1 aromatic rings. The van der Waals surface area contributed by atoms with Crippen molar-refractivity contribution in [3.8, 4) is 0 Å². The van der Waals surface area contributed by atoms with Gasteiger partial charge in [-0.15, -0.1) is 0 Å². The number of amides is 1. The summed E-state index contributed by atoms with van der Waals surface area (Å²) in [6.45, 7) is 1.46. The third-order valence-electron chi connectivity index (χ3n) is 1.69. The van der Waals surface area contributed by atoms with Gasteiger partial charge in [-0.3, -0.25) is 10.2 Å². The summed E-state index contributed by atoms with van der Waals surface area (Å²) in [5.41, 5.74) is 6.86. The van der Waals surface area contributed by atoms with Crippen LogP contribution in [0.15, 0.2) is 30.3 Å². The zero-order chi connectivity index (χ0) is 11.3. The fourth-order valence-electron chi connectivity index (χ4n) is 1.07. The van der Waals surface area contributed by atoms with Crippen molar-refractivity contribution in [2.75, 3.05) is 5.32 Å². The lowest BCUT2D eigenvalue weighted by molar-refractivity contribution is -0.114. The second-order valence-electron chi connectivity index (χ2n) is 3.09. The van der Waals surface area contributed by atoms with E-state index in [2.05, 4.69) is 5.32 Å². The van der Waals surface area contributed by atoms with Crippen LogP contribution >= 0.6 is 0 Å². The van der Waals surface area contributed by atoms with Crippen LogP contribution in [0.1, 0.15) is 12.5 Å². The maximum atomic E-state index is 10.7. The Bertz CT molecular complexity index is 393. The molecule has 4 heteroatoms. The summed E-state index contributed by atoms with van der Waals surface area (Å²) in [5, 5.41) is 9.68. The fourth-order valence-corrected chi connectivity index (χ4v) is 1.07. The molecule has 4 N–H and O–H groups in total. The summed E-state index contributed by atoms with van der Waals surface area (Å²) >= 11 is 0. The Hall–Kier alpha value is -2.10. The molecule has 78 valence electrons. The van der Waals surface area contributed by atoms with Gasteiger partial charge in [0.2, 0.25) is 5.91 Å². The topological polar surface area (TPSA) is 79.0 Å². The van der Waals surface area contributed by atoms with Crippen LogP contribution in [0.4, 0.5) is 5.69 Å². The average Bonchev–Trinajstić information content (AvgIpc) is 2.16. The van der Waals surface area contributed by atoms with Gasteiger partial charge in [0.25, 0.3) is 0 Å². The zero-order valence-electron chi connectivity index (χ0n) is 8.45. The first-order chi connectivity index (χ1) is 7.08. The molecule has 15 heavy (non-hydrogen) atoms. The highest BCUT2D eigenvalue weighted by Crippen LogP contribution is 2.10. The second-order valence-corrected chi connectivity index (χ2v) is 3.09. The summed E-state index contributed by atoms with van der Waals surface area (Å²) in [4.78, 5) is 10.7. The molecule has 0 aromatic heterocycles. The molecule has 0 aliphatic heterocycles. The van der Waals surface area contributed by atoms with Crippen LogP contribution in [-0.4, -0.2) is 11.7 Å². The SMILES string of the molecule is CC(=O)Nc1ccc(/C=C/C(=N)N)cc1. The molecule has 0 aliphatic carbocycles. The van der Waals surface area contributed by atoms with Crippen molar-refractivity contribution in [2.24, 2.45) is 5.73 Å². The van der Waals surface area contributed by atoms with Gasteiger partial charge in [0.1, 0.15) is 5.84 Å². The molecule has 1 amide bonds. The monoisotopic (exact) mass is 203 g/mol. The van der Waals surface area contributed by atoms with E-state index in [1.165, 1.54) is 13.0 Å². The number of amidine groups is 1. The van der Waals surface area contributed by atoms with Crippen LogP contribution in [0, 0.1) is 5.41 Å². The lowest BCUT2D eigenvalue weighted by Gasteiger charge is -2.01. The van der Waals surface area contributed by atoms with E-state index in [1.807, 2.05) is 12.1 Å². The Morgan fingerprint density at radius 2 is 2.00 bits per heavy atom. The van der Waals surface area contributed by atoms with Crippen LogP contribution in [0.3, 0.4) is 0 Å². The first kappa shape index (κ1) is 11.0. The minimum absolute atomic E-state index is 0.0148. The van der Waals surface area contributed by atoms with Crippen molar-refractivity contribution >= 4 is 23.5 Å². The largest absolute Gasteiger partial charge is 0.384 e. The van der Waals surface area contributed by atoms with Crippen LogP contribution in [0.2, 0.25) is 0 Å². The smallest absolute Gasteiger partial charge is 0.221 e. The number of hydrogen-bond acceptors (Lipinski definition) is 2. The molecule has 1 rings (SSSR count). The Labute approximate surface area is 88.3 Å². The first-order valence-electron chi connectivity index (χ1n) is 4.47. The second kappa shape index (κ2) is 4.95. The molecule has 0 unspecified atom stereocenters. The van der Waals surface area contributed by atoms with Gasteiger partial charge in [0, 0.05) is 12.6 Å². The van der Waals surface area contributed by atoms with Crippen LogP contribution < -0.4 is 11.1 Å². The van der Waals surface area contributed by atoms with E-state index >= 15 is 0 Å². The molecule has 0 saturated carbocycles.